The maximum atomic E-state index is 13.9. The molecule has 0 amide bonds. The first kappa shape index (κ1) is 25.5. The number of ether oxygens (including phenoxy) is 3. The molecular formula is C21H29FN2O7Si. The number of hydrogen-bond acceptors (Lipinski definition) is 7. The van der Waals surface area contributed by atoms with Crippen molar-refractivity contribution in [2.75, 3.05) is 6.61 Å². The number of nitrogens with one attached hydrogen (secondary N) is 1. The van der Waals surface area contributed by atoms with Crippen LogP contribution in [0.3, 0.4) is 0 Å². The number of carbonyl (C=O) groups excluding carboxylic acids is 2. The maximum absolute atomic E-state index is 13.9. The van der Waals surface area contributed by atoms with Gasteiger partial charge in [0.1, 0.15) is 27.0 Å². The molecule has 1 aromatic heterocycles. The summed E-state index contributed by atoms with van der Waals surface area (Å²) in [6.45, 7) is 8.29. The second-order valence-electron chi connectivity index (χ2n) is 7.81. The molecular weight excluding hydrogens is 439 g/mol. The number of esters is 2. The van der Waals surface area contributed by atoms with Gasteiger partial charge in [-0.15, -0.1) is 5.54 Å². The topological polar surface area (TPSA) is 117 Å². The molecule has 0 unspecified atom stereocenters. The first-order chi connectivity index (χ1) is 15.0. The van der Waals surface area contributed by atoms with Crippen LogP contribution in [0, 0.1) is 17.3 Å². The molecule has 0 radical (unpaired) electrons. The molecule has 3 atom stereocenters. The zero-order valence-corrected chi connectivity index (χ0v) is 20.0. The van der Waals surface area contributed by atoms with Crippen LogP contribution in [-0.4, -0.2) is 47.9 Å². The SMILES string of the molecule is CC[Si](C#C[C@]1(COC(C)=O)O[C@@H](n2cc(F)c(=O)[nH]c2=O)C[C@@H]1OC(C)=O)(CC)CC. The molecule has 11 heteroatoms. The Morgan fingerprint density at radius 1 is 1.25 bits per heavy atom. The summed E-state index contributed by atoms with van der Waals surface area (Å²) >= 11 is 0. The van der Waals surface area contributed by atoms with Crippen LogP contribution in [0.5, 0.6) is 0 Å². The molecule has 9 nitrogen and oxygen atoms in total. The van der Waals surface area contributed by atoms with Gasteiger partial charge in [-0.1, -0.05) is 26.7 Å². The fourth-order valence-corrected chi connectivity index (χ4v) is 6.17. The van der Waals surface area contributed by atoms with E-state index in [1.165, 1.54) is 13.8 Å². The van der Waals surface area contributed by atoms with Crippen molar-refractivity contribution in [1.82, 2.24) is 9.55 Å². The first-order valence-corrected chi connectivity index (χ1v) is 13.2. The maximum Gasteiger partial charge on any atom is 0.330 e. The predicted molar refractivity (Wildman–Crippen MR) is 116 cm³/mol. The summed E-state index contributed by atoms with van der Waals surface area (Å²) in [6, 6.07) is 2.68. The molecule has 0 aromatic carbocycles. The number of hydrogen-bond donors (Lipinski definition) is 1. The molecule has 1 aromatic rings. The lowest BCUT2D eigenvalue weighted by Gasteiger charge is -2.29. The van der Waals surface area contributed by atoms with Gasteiger partial charge in [0.05, 0.1) is 6.20 Å². The molecule has 1 fully saturated rings. The Bertz CT molecular complexity index is 1030. The number of H-pyrrole nitrogens is 1. The number of nitrogens with zero attached hydrogens (tertiary/aromatic N) is 1. The van der Waals surface area contributed by atoms with Crippen LogP contribution < -0.4 is 11.2 Å². The van der Waals surface area contributed by atoms with Gasteiger partial charge in [-0.3, -0.25) is 23.9 Å². The summed E-state index contributed by atoms with van der Waals surface area (Å²) in [7, 11) is -1.98. The van der Waals surface area contributed by atoms with Gasteiger partial charge in [0, 0.05) is 20.3 Å². The van der Waals surface area contributed by atoms with E-state index in [-0.39, 0.29) is 13.0 Å². The standard InChI is InChI=1S/C21H29FN2O7Si/c1-6-32(7-2,8-3)10-9-21(13-29-14(4)25)17(30-15(5)26)11-18(31-21)24-12-16(22)19(27)23-20(24)28/h12,17-18H,6-8,11,13H2,1-5H3,(H,23,27,28)/t17-,18+,21+/m0/s1. The highest BCUT2D eigenvalue weighted by Crippen LogP contribution is 2.39. The van der Waals surface area contributed by atoms with E-state index in [2.05, 4.69) is 32.2 Å². The Labute approximate surface area is 186 Å². The summed E-state index contributed by atoms with van der Waals surface area (Å²) < 4.78 is 31.5. The van der Waals surface area contributed by atoms with Crippen LogP contribution in [-0.2, 0) is 23.8 Å². The normalized spacial score (nSPS) is 22.7. The molecule has 2 heterocycles. The molecule has 1 saturated heterocycles. The quantitative estimate of drug-likeness (QED) is 0.369. The Morgan fingerprint density at radius 2 is 1.88 bits per heavy atom. The Hall–Kier alpha value is -2.71. The second kappa shape index (κ2) is 10.3. The van der Waals surface area contributed by atoms with Gasteiger partial charge in [-0.2, -0.15) is 4.39 Å². The van der Waals surface area contributed by atoms with Gasteiger partial charge >= 0.3 is 17.6 Å². The largest absolute Gasteiger partial charge is 0.462 e. The summed E-state index contributed by atoms with van der Waals surface area (Å²) in [5.41, 5.74) is -0.235. The molecule has 0 bridgehead atoms. The molecule has 32 heavy (non-hydrogen) atoms. The van der Waals surface area contributed by atoms with Gasteiger partial charge < -0.3 is 14.2 Å². The lowest BCUT2D eigenvalue weighted by molar-refractivity contribution is -0.164. The van der Waals surface area contributed by atoms with Gasteiger partial charge in [-0.25, -0.2) is 4.79 Å². The minimum atomic E-state index is -1.98. The number of halogens is 1. The minimum Gasteiger partial charge on any atom is -0.462 e. The molecule has 2 rings (SSSR count). The summed E-state index contributed by atoms with van der Waals surface area (Å²) in [5.74, 6) is 0.729. The smallest absolute Gasteiger partial charge is 0.330 e. The van der Waals surface area contributed by atoms with Crippen LogP contribution in [0.4, 0.5) is 4.39 Å². The molecule has 0 spiro atoms. The molecule has 1 N–H and O–H groups in total. The van der Waals surface area contributed by atoms with Gasteiger partial charge in [-0.05, 0) is 18.1 Å². The van der Waals surface area contributed by atoms with Crippen LogP contribution in [0.1, 0.15) is 47.3 Å². The first-order valence-electron chi connectivity index (χ1n) is 10.5. The zero-order valence-electron chi connectivity index (χ0n) is 19.0. The van der Waals surface area contributed by atoms with Crippen molar-refractivity contribution in [2.45, 2.75) is 77.1 Å². The Morgan fingerprint density at radius 3 is 2.41 bits per heavy atom. The fourth-order valence-electron chi connectivity index (χ4n) is 3.66. The molecule has 176 valence electrons. The van der Waals surface area contributed by atoms with Crippen molar-refractivity contribution >= 4 is 20.0 Å². The van der Waals surface area contributed by atoms with E-state index in [0.29, 0.717) is 0 Å². The van der Waals surface area contributed by atoms with Crippen molar-refractivity contribution in [3.05, 3.63) is 32.9 Å². The van der Waals surface area contributed by atoms with Crippen LogP contribution in [0.2, 0.25) is 18.1 Å². The van der Waals surface area contributed by atoms with E-state index in [1.54, 1.807) is 0 Å². The number of aromatic amines is 1. The number of aromatic nitrogens is 2. The average molecular weight is 469 g/mol. The van der Waals surface area contributed by atoms with E-state index in [4.69, 9.17) is 14.2 Å². The van der Waals surface area contributed by atoms with Crippen LogP contribution in [0.15, 0.2) is 15.8 Å². The Kier molecular flexibility index (Phi) is 8.20. The predicted octanol–water partition coefficient (Wildman–Crippen LogP) is 1.88. The van der Waals surface area contributed by atoms with E-state index in [1.807, 2.05) is 4.98 Å². The lowest BCUT2D eigenvalue weighted by atomic mass is 9.98. The van der Waals surface area contributed by atoms with Crippen LogP contribution >= 0.6 is 0 Å². The van der Waals surface area contributed by atoms with E-state index in [9.17, 15) is 23.6 Å². The number of carbonyl (C=O) groups is 2. The second-order valence-corrected chi connectivity index (χ2v) is 12.7. The fraction of sp³-hybridized carbons (Fsp3) is 0.619. The van der Waals surface area contributed by atoms with Crippen LogP contribution in [0.25, 0.3) is 0 Å². The molecule has 1 aliphatic rings. The summed E-state index contributed by atoms with van der Waals surface area (Å²) in [5, 5.41) is 0. The summed E-state index contributed by atoms with van der Waals surface area (Å²) in [6.07, 6.45) is -1.42. The highest BCUT2D eigenvalue weighted by molar-refractivity contribution is 6.87. The third-order valence-corrected chi connectivity index (χ3v) is 10.6. The molecule has 0 saturated carbocycles. The third-order valence-electron chi connectivity index (χ3n) is 5.88. The lowest BCUT2D eigenvalue weighted by Crippen LogP contribution is -2.46. The molecule has 0 aliphatic carbocycles. The Balaban J connectivity index is 2.61. The zero-order chi connectivity index (χ0) is 24.1. The van der Waals surface area contributed by atoms with E-state index >= 15 is 0 Å². The van der Waals surface area contributed by atoms with Crippen molar-refractivity contribution in [1.29, 1.82) is 0 Å². The van der Waals surface area contributed by atoms with E-state index in [0.717, 1.165) is 28.9 Å². The average Bonchev–Trinajstić information content (AvgIpc) is 3.08. The third kappa shape index (κ3) is 5.55. The number of rotatable bonds is 7. The van der Waals surface area contributed by atoms with Crippen molar-refractivity contribution in [2.24, 2.45) is 0 Å². The van der Waals surface area contributed by atoms with Gasteiger partial charge in [0.15, 0.2) is 0 Å². The van der Waals surface area contributed by atoms with E-state index < -0.39 is 55.0 Å². The van der Waals surface area contributed by atoms with Gasteiger partial charge in [0.25, 0.3) is 5.56 Å². The van der Waals surface area contributed by atoms with Crippen molar-refractivity contribution in [3.63, 3.8) is 0 Å². The van der Waals surface area contributed by atoms with Crippen molar-refractivity contribution < 1.29 is 28.2 Å². The summed E-state index contributed by atoms with van der Waals surface area (Å²) in [4.78, 5) is 48.9. The van der Waals surface area contributed by atoms with Gasteiger partial charge in [0.2, 0.25) is 11.4 Å². The monoisotopic (exact) mass is 468 g/mol. The minimum absolute atomic E-state index is 0.0557. The van der Waals surface area contributed by atoms with Crippen molar-refractivity contribution in [3.8, 4) is 11.5 Å². The highest BCUT2D eigenvalue weighted by Gasteiger charge is 2.52. The molecule has 1 aliphatic heterocycles. The highest BCUT2D eigenvalue weighted by atomic mass is 28.3.